The summed E-state index contributed by atoms with van der Waals surface area (Å²) in [6, 6.07) is 13.3. The molecule has 0 aliphatic rings. The fourth-order valence-corrected chi connectivity index (χ4v) is 1.86. The van der Waals surface area contributed by atoms with Crippen LogP contribution in [0.4, 0.5) is 11.4 Å². The van der Waals surface area contributed by atoms with Crippen molar-refractivity contribution in [2.75, 3.05) is 5.73 Å². The lowest BCUT2D eigenvalue weighted by molar-refractivity contribution is -0.384. The van der Waals surface area contributed by atoms with Gasteiger partial charge < -0.3 is 11.1 Å². The fraction of sp³-hybridized carbons (Fsp3) is 0.133. The molecule has 0 unspecified atom stereocenters. The molecule has 0 aliphatic carbocycles. The van der Waals surface area contributed by atoms with Crippen molar-refractivity contribution in [2.45, 2.75) is 13.0 Å². The van der Waals surface area contributed by atoms with Crippen LogP contribution in [-0.2, 0) is 17.8 Å². The van der Waals surface area contributed by atoms with Gasteiger partial charge in [-0.3, -0.25) is 14.9 Å². The molecule has 2 aromatic carbocycles. The summed E-state index contributed by atoms with van der Waals surface area (Å²) in [7, 11) is 0. The number of carbonyl (C=O) groups excluding carboxylic acids is 1. The first kappa shape index (κ1) is 14.5. The summed E-state index contributed by atoms with van der Waals surface area (Å²) in [5.74, 6) is -0.188. The second-order valence-corrected chi connectivity index (χ2v) is 4.62. The van der Waals surface area contributed by atoms with Crippen molar-refractivity contribution in [1.29, 1.82) is 0 Å². The lowest BCUT2D eigenvalue weighted by atomic mass is 10.1. The molecule has 0 fully saturated rings. The topological polar surface area (TPSA) is 98.3 Å². The van der Waals surface area contributed by atoms with Crippen molar-refractivity contribution < 1.29 is 9.72 Å². The minimum Gasteiger partial charge on any atom is -0.399 e. The Morgan fingerprint density at radius 2 is 1.86 bits per heavy atom. The predicted molar refractivity (Wildman–Crippen MR) is 79.5 cm³/mol. The van der Waals surface area contributed by atoms with Gasteiger partial charge in [-0.25, -0.2) is 0 Å². The van der Waals surface area contributed by atoms with Gasteiger partial charge >= 0.3 is 0 Å². The third kappa shape index (κ3) is 4.31. The van der Waals surface area contributed by atoms with Gasteiger partial charge in [-0.2, -0.15) is 0 Å². The van der Waals surface area contributed by atoms with Gasteiger partial charge in [0.2, 0.25) is 5.91 Å². The van der Waals surface area contributed by atoms with E-state index in [9.17, 15) is 14.9 Å². The van der Waals surface area contributed by atoms with Crippen molar-refractivity contribution in [3.05, 3.63) is 69.8 Å². The van der Waals surface area contributed by atoms with Crippen LogP contribution in [-0.4, -0.2) is 10.8 Å². The second-order valence-electron chi connectivity index (χ2n) is 4.62. The predicted octanol–water partition coefficient (Wildman–Crippen LogP) is 2.04. The van der Waals surface area contributed by atoms with Gasteiger partial charge in [0.05, 0.1) is 11.3 Å². The molecule has 0 aromatic heterocycles. The molecule has 1 amide bonds. The Balaban J connectivity index is 1.91. The zero-order valence-electron chi connectivity index (χ0n) is 11.3. The molecule has 108 valence electrons. The smallest absolute Gasteiger partial charge is 0.269 e. The largest absolute Gasteiger partial charge is 0.399 e. The number of amides is 1. The number of nitro groups is 1. The maximum atomic E-state index is 11.8. The summed E-state index contributed by atoms with van der Waals surface area (Å²) in [6.07, 6.45) is 0.108. The normalized spacial score (nSPS) is 10.1. The third-order valence-electron chi connectivity index (χ3n) is 2.96. The number of nitrogens with two attached hydrogens (primary N) is 1. The Kier molecular flexibility index (Phi) is 4.50. The lowest BCUT2D eigenvalue weighted by Gasteiger charge is -2.06. The second kappa shape index (κ2) is 6.51. The Morgan fingerprint density at radius 3 is 2.52 bits per heavy atom. The van der Waals surface area contributed by atoms with Gasteiger partial charge in [0.25, 0.3) is 5.69 Å². The van der Waals surface area contributed by atoms with E-state index in [1.807, 2.05) is 12.1 Å². The van der Waals surface area contributed by atoms with E-state index in [1.54, 1.807) is 24.3 Å². The zero-order valence-corrected chi connectivity index (χ0v) is 11.3. The van der Waals surface area contributed by atoms with E-state index >= 15 is 0 Å². The van der Waals surface area contributed by atoms with Crippen molar-refractivity contribution in [3.8, 4) is 0 Å². The molecular weight excluding hydrogens is 270 g/mol. The van der Waals surface area contributed by atoms with Crippen molar-refractivity contribution >= 4 is 17.3 Å². The van der Waals surface area contributed by atoms with Gasteiger partial charge in [0.15, 0.2) is 0 Å². The molecule has 2 rings (SSSR count). The third-order valence-corrected chi connectivity index (χ3v) is 2.96. The molecule has 21 heavy (non-hydrogen) atoms. The van der Waals surface area contributed by atoms with Gasteiger partial charge in [-0.15, -0.1) is 0 Å². The summed E-state index contributed by atoms with van der Waals surface area (Å²) >= 11 is 0. The summed E-state index contributed by atoms with van der Waals surface area (Å²) in [4.78, 5) is 22.0. The van der Waals surface area contributed by atoms with Crippen molar-refractivity contribution in [1.82, 2.24) is 5.32 Å². The van der Waals surface area contributed by atoms with Gasteiger partial charge in [-0.05, 0) is 23.3 Å². The highest BCUT2D eigenvalue weighted by Crippen LogP contribution is 2.13. The molecular formula is C15H15N3O3. The summed E-state index contributed by atoms with van der Waals surface area (Å²) in [5, 5.41) is 13.4. The number of carbonyl (C=O) groups is 1. The maximum absolute atomic E-state index is 11.8. The number of nitrogens with zero attached hydrogens (tertiary/aromatic N) is 1. The number of nitrogens with one attached hydrogen (secondary N) is 1. The minimum absolute atomic E-state index is 0.0150. The molecule has 0 saturated carbocycles. The highest BCUT2D eigenvalue weighted by Gasteiger charge is 2.08. The Labute approximate surface area is 121 Å². The number of nitro benzene ring substituents is 1. The van der Waals surface area contributed by atoms with E-state index in [0.29, 0.717) is 17.8 Å². The molecule has 2 aromatic rings. The average Bonchev–Trinajstić information content (AvgIpc) is 2.47. The Morgan fingerprint density at radius 1 is 1.14 bits per heavy atom. The number of non-ortho nitro benzene ring substituents is 1. The first-order valence-electron chi connectivity index (χ1n) is 6.39. The molecule has 6 nitrogen and oxygen atoms in total. The van der Waals surface area contributed by atoms with Crippen LogP contribution >= 0.6 is 0 Å². The minimum atomic E-state index is -0.476. The monoisotopic (exact) mass is 285 g/mol. The van der Waals surface area contributed by atoms with Crippen molar-refractivity contribution in [3.63, 3.8) is 0 Å². The van der Waals surface area contributed by atoms with Gasteiger partial charge in [0.1, 0.15) is 0 Å². The molecule has 6 heteroatoms. The molecule has 0 aliphatic heterocycles. The van der Waals surface area contributed by atoms with E-state index in [0.717, 1.165) is 5.56 Å². The molecule has 0 atom stereocenters. The van der Waals surface area contributed by atoms with Crippen LogP contribution in [0, 0.1) is 10.1 Å². The van der Waals surface area contributed by atoms with E-state index in [1.165, 1.54) is 12.1 Å². The number of hydrogen-bond acceptors (Lipinski definition) is 4. The Hall–Kier alpha value is -2.89. The first-order valence-corrected chi connectivity index (χ1v) is 6.39. The van der Waals surface area contributed by atoms with Crippen molar-refractivity contribution in [2.24, 2.45) is 0 Å². The van der Waals surface area contributed by atoms with Crippen LogP contribution in [0.5, 0.6) is 0 Å². The van der Waals surface area contributed by atoms with Crippen LogP contribution in [0.1, 0.15) is 11.1 Å². The van der Waals surface area contributed by atoms with E-state index in [4.69, 9.17) is 5.73 Å². The number of rotatable bonds is 5. The average molecular weight is 285 g/mol. The van der Waals surface area contributed by atoms with Crippen LogP contribution in [0.15, 0.2) is 48.5 Å². The SMILES string of the molecule is Nc1ccc(CNC(=O)Cc2cccc([N+](=O)[O-])c2)cc1. The zero-order chi connectivity index (χ0) is 15.2. The first-order chi connectivity index (χ1) is 10.0. The molecule has 3 N–H and O–H groups in total. The standard InChI is InChI=1S/C15H15N3O3/c16-13-6-4-11(5-7-13)10-17-15(19)9-12-2-1-3-14(8-12)18(20)21/h1-8H,9-10,16H2,(H,17,19). The summed E-state index contributed by atoms with van der Waals surface area (Å²) in [5.41, 5.74) is 7.79. The Bertz CT molecular complexity index is 653. The van der Waals surface area contributed by atoms with Crippen LogP contribution in [0.2, 0.25) is 0 Å². The highest BCUT2D eigenvalue weighted by molar-refractivity contribution is 5.78. The molecule has 0 saturated heterocycles. The quantitative estimate of drug-likeness (QED) is 0.499. The van der Waals surface area contributed by atoms with E-state index in [2.05, 4.69) is 5.32 Å². The molecule has 0 heterocycles. The number of nitrogen functional groups attached to an aromatic ring is 1. The molecule has 0 bridgehead atoms. The maximum Gasteiger partial charge on any atom is 0.269 e. The van der Waals surface area contributed by atoms with Gasteiger partial charge in [0, 0.05) is 24.4 Å². The van der Waals surface area contributed by atoms with Crippen LogP contribution in [0.3, 0.4) is 0 Å². The lowest BCUT2D eigenvalue weighted by Crippen LogP contribution is -2.24. The van der Waals surface area contributed by atoms with Crippen LogP contribution < -0.4 is 11.1 Å². The number of anilines is 1. The molecule has 0 spiro atoms. The van der Waals surface area contributed by atoms with E-state index in [-0.39, 0.29) is 18.0 Å². The molecule has 0 radical (unpaired) electrons. The summed E-state index contributed by atoms with van der Waals surface area (Å²) < 4.78 is 0. The summed E-state index contributed by atoms with van der Waals surface area (Å²) in [6.45, 7) is 0.397. The van der Waals surface area contributed by atoms with Crippen LogP contribution in [0.25, 0.3) is 0 Å². The fourth-order valence-electron chi connectivity index (χ4n) is 1.86. The van der Waals surface area contributed by atoms with E-state index < -0.39 is 4.92 Å². The number of hydrogen-bond donors (Lipinski definition) is 2. The number of benzene rings is 2. The highest BCUT2D eigenvalue weighted by atomic mass is 16.6. The van der Waals surface area contributed by atoms with Gasteiger partial charge in [-0.1, -0.05) is 24.3 Å².